The number of hydrogen-bond donors (Lipinski definition) is 0. The molecule has 0 nitrogen and oxygen atoms in total. The van der Waals surface area contributed by atoms with Crippen molar-refractivity contribution in [1.29, 1.82) is 0 Å². The first-order valence-electron chi connectivity index (χ1n) is 12.7. The van der Waals surface area contributed by atoms with Crippen LogP contribution in [0.4, 0.5) is 8.78 Å². The van der Waals surface area contributed by atoms with E-state index < -0.39 is 11.6 Å². The van der Waals surface area contributed by atoms with E-state index in [1.807, 2.05) is 18.2 Å². The summed E-state index contributed by atoms with van der Waals surface area (Å²) in [4.78, 5) is 0. The molecule has 0 amide bonds. The molecule has 33 heavy (non-hydrogen) atoms. The Labute approximate surface area is 197 Å². The first-order chi connectivity index (χ1) is 16.1. The van der Waals surface area contributed by atoms with E-state index in [0.29, 0.717) is 29.7 Å². The highest BCUT2D eigenvalue weighted by Gasteiger charge is 2.21. The Morgan fingerprint density at radius 1 is 0.848 bits per heavy atom. The summed E-state index contributed by atoms with van der Waals surface area (Å²) in [6.07, 6.45) is 12.6. The minimum atomic E-state index is -0.730. The molecular weight excluding hydrogens is 410 g/mol. The lowest BCUT2D eigenvalue weighted by molar-refractivity contribution is 0.308. The van der Waals surface area contributed by atoms with Crippen LogP contribution >= 0.6 is 0 Å². The van der Waals surface area contributed by atoms with E-state index in [9.17, 15) is 8.78 Å². The smallest absolute Gasteiger partial charge is 0.166 e. The van der Waals surface area contributed by atoms with Crippen LogP contribution in [0.2, 0.25) is 0 Å². The topological polar surface area (TPSA) is 0 Å². The van der Waals surface area contributed by atoms with Crippen molar-refractivity contribution >= 4 is 10.8 Å². The normalized spacial score (nSPS) is 18.5. The van der Waals surface area contributed by atoms with Crippen molar-refractivity contribution < 1.29 is 8.78 Å². The van der Waals surface area contributed by atoms with Crippen molar-refractivity contribution in [3.05, 3.63) is 95.1 Å². The molecule has 1 fully saturated rings. The summed E-state index contributed by atoms with van der Waals surface area (Å²) < 4.78 is 29.2. The van der Waals surface area contributed by atoms with E-state index in [-0.39, 0.29) is 0 Å². The first-order valence-corrected chi connectivity index (χ1v) is 12.7. The molecule has 2 heteroatoms. The number of hydrogen-bond acceptors (Lipinski definition) is 0. The molecule has 0 saturated heterocycles. The number of halogens is 2. The van der Waals surface area contributed by atoms with Crippen LogP contribution < -0.4 is 0 Å². The lowest BCUT2D eigenvalue weighted by Crippen LogP contribution is -2.13. The van der Waals surface area contributed by atoms with E-state index in [2.05, 4.69) is 37.8 Å². The van der Waals surface area contributed by atoms with Crippen molar-refractivity contribution in [2.75, 3.05) is 0 Å². The molecular formula is C31H36F2. The molecule has 3 aromatic carbocycles. The van der Waals surface area contributed by atoms with Gasteiger partial charge in [0.2, 0.25) is 0 Å². The Morgan fingerprint density at radius 2 is 1.55 bits per heavy atom. The second-order valence-corrected chi connectivity index (χ2v) is 9.79. The summed E-state index contributed by atoms with van der Waals surface area (Å²) in [6.45, 7) is 5.96. The van der Waals surface area contributed by atoms with E-state index in [4.69, 9.17) is 0 Å². The average molecular weight is 447 g/mol. The number of rotatable bonds is 9. The third-order valence-corrected chi connectivity index (χ3v) is 7.47. The van der Waals surface area contributed by atoms with Crippen LogP contribution in [-0.2, 0) is 19.3 Å². The maximum atomic E-state index is 14.7. The molecule has 0 radical (unpaired) electrons. The first kappa shape index (κ1) is 23.7. The zero-order valence-corrected chi connectivity index (χ0v) is 19.9. The highest BCUT2D eigenvalue weighted by molar-refractivity contribution is 5.84. The summed E-state index contributed by atoms with van der Waals surface area (Å²) in [5, 5.41) is 1.14. The number of benzene rings is 3. The molecule has 0 spiro atoms. The predicted octanol–water partition coefficient (Wildman–Crippen LogP) is 9.10. The molecule has 0 aromatic heterocycles. The highest BCUT2D eigenvalue weighted by atomic mass is 19.2. The van der Waals surface area contributed by atoms with E-state index in [0.717, 1.165) is 29.7 Å². The van der Waals surface area contributed by atoms with Crippen LogP contribution in [0.15, 0.2) is 61.2 Å². The van der Waals surface area contributed by atoms with E-state index >= 15 is 0 Å². The Balaban J connectivity index is 1.39. The summed E-state index contributed by atoms with van der Waals surface area (Å²) in [5.41, 5.74) is 4.23. The quantitative estimate of drug-likeness (QED) is 0.288. The largest absolute Gasteiger partial charge is 0.203 e. The lowest BCUT2D eigenvalue weighted by Gasteiger charge is -2.28. The summed E-state index contributed by atoms with van der Waals surface area (Å²) in [6, 6.07) is 16.7. The van der Waals surface area contributed by atoms with Crippen molar-refractivity contribution in [3.8, 4) is 0 Å². The third-order valence-electron chi connectivity index (χ3n) is 7.47. The van der Waals surface area contributed by atoms with Gasteiger partial charge in [-0.1, -0.05) is 62.2 Å². The Bertz CT molecular complexity index is 1070. The molecule has 0 N–H and O–H groups in total. The van der Waals surface area contributed by atoms with Crippen LogP contribution in [0.5, 0.6) is 0 Å². The molecule has 0 atom stereocenters. The van der Waals surface area contributed by atoms with Gasteiger partial charge in [0, 0.05) is 5.39 Å². The van der Waals surface area contributed by atoms with Crippen molar-refractivity contribution in [2.45, 2.75) is 77.0 Å². The molecule has 0 bridgehead atoms. The molecule has 3 aromatic rings. The van der Waals surface area contributed by atoms with Gasteiger partial charge in [0.25, 0.3) is 0 Å². The zero-order valence-electron chi connectivity index (χ0n) is 19.9. The Morgan fingerprint density at radius 3 is 2.24 bits per heavy atom. The van der Waals surface area contributed by atoms with Gasteiger partial charge in [0.05, 0.1) is 0 Å². The lowest BCUT2D eigenvalue weighted by atomic mass is 9.77. The van der Waals surface area contributed by atoms with Gasteiger partial charge in [-0.25, -0.2) is 8.78 Å². The molecule has 1 aliphatic rings. The van der Waals surface area contributed by atoms with Gasteiger partial charge in [-0.3, -0.25) is 0 Å². The van der Waals surface area contributed by atoms with Gasteiger partial charge in [-0.05, 0) is 103 Å². The van der Waals surface area contributed by atoms with Crippen LogP contribution in [0.25, 0.3) is 10.8 Å². The Hall–Kier alpha value is -2.48. The van der Waals surface area contributed by atoms with Crippen LogP contribution in [0.3, 0.4) is 0 Å². The second kappa shape index (κ2) is 11.1. The highest BCUT2D eigenvalue weighted by Crippen LogP contribution is 2.37. The number of allylic oxidation sites excluding steroid dienone is 1. The van der Waals surface area contributed by atoms with Gasteiger partial charge in [-0.15, -0.1) is 6.58 Å². The maximum Gasteiger partial charge on any atom is 0.166 e. The predicted molar refractivity (Wildman–Crippen MR) is 136 cm³/mol. The van der Waals surface area contributed by atoms with E-state index in [1.165, 1.54) is 49.7 Å². The molecule has 4 rings (SSSR count). The van der Waals surface area contributed by atoms with E-state index in [1.54, 1.807) is 12.1 Å². The Kier molecular flexibility index (Phi) is 7.96. The van der Waals surface area contributed by atoms with Gasteiger partial charge >= 0.3 is 0 Å². The third kappa shape index (κ3) is 5.72. The van der Waals surface area contributed by atoms with Crippen molar-refractivity contribution in [2.24, 2.45) is 5.92 Å². The molecule has 1 saturated carbocycles. The minimum absolute atomic E-state index is 0.376. The number of aryl methyl sites for hydroxylation is 3. The maximum absolute atomic E-state index is 14.7. The standard InChI is InChI=1S/C31H36F2/c1-3-5-7-28-21-27-19-14-24(20-29(27)31(33)30(28)32)9-8-23-12-17-26(18-13-23)25-15-10-22(6-4-2)11-16-25/h3,12-14,17-22,25H,1,4-11,15-16H2,2H3. The molecule has 0 unspecified atom stereocenters. The molecule has 1 aliphatic carbocycles. The van der Waals surface area contributed by atoms with Crippen molar-refractivity contribution in [1.82, 2.24) is 0 Å². The summed E-state index contributed by atoms with van der Waals surface area (Å²) in [5.74, 6) is 0.193. The second-order valence-electron chi connectivity index (χ2n) is 9.79. The minimum Gasteiger partial charge on any atom is -0.203 e. The van der Waals surface area contributed by atoms with Gasteiger partial charge in [0.15, 0.2) is 11.6 Å². The van der Waals surface area contributed by atoms with Crippen LogP contribution in [-0.4, -0.2) is 0 Å². The monoisotopic (exact) mass is 446 g/mol. The molecule has 0 heterocycles. The van der Waals surface area contributed by atoms with Gasteiger partial charge in [0.1, 0.15) is 0 Å². The summed E-state index contributed by atoms with van der Waals surface area (Å²) in [7, 11) is 0. The fraction of sp³-hybridized carbons (Fsp3) is 0.419. The summed E-state index contributed by atoms with van der Waals surface area (Å²) >= 11 is 0. The average Bonchev–Trinajstić information content (AvgIpc) is 2.85. The van der Waals surface area contributed by atoms with Crippen molar-refractivity contribution in [3.63, 3.8) is 0 Å². The molecule has 174 valence electrons. The SMILES string of the molecule is C=CCCc1cc2ccc(CCc3ccc(C4CCC(CCC)CC4)cc3)cc2c(F)c1F. The molecule has 0 aliphatic heterocycles. The fourth-order valence-corrected chi connectivity index (χ4v) is 5.46. The van der Waals surface area contributed by atoms with Crippen LogP contribution in [0.1, 0.15) is 80.0 Å². The zero-order chi connectivity index (χ0) is 23.2. The van der Waals surface area contributed by atoms with Crippen LogP contribution in [0, 0.1) is 17.6 Å². The number of fused-ring (bicyclic) bond motifs is 1. The van der Waals surface area contributed by atoms with Gasteiger partial charge < -0.3 is 0 Å². The fourth-order valence-electron chi connectivity index (χ4n) is 5.46. The van der Waals surface area contributed by atoms with Gasteiger partial charge in [-0.2, -0.15) is 0 Å².